The van der Waals surface area contributed by atoms with Gasteiger partial charge in [-0.3, -0.25) is 4.40 Å². The largest absolute Gasteiger partial charge is 0.377 e. The smallest absolute Gasteiger partial charge is 0.263 e. The highest BCUT2D eigenvalue weighted by Gasteiger charge is 2.38. The molecule has 2 atom stereocenters. The minimum atomic E-state index is -3.73. The molecule has 0 saturated carbocycles. The van der Waals surface area contributed by atoms with Gasteiger partial charge in [0, 0.05) is 25.2 Å². The number of rotatable bonds is 4. The van der Waals surface area contributed by atoms with Crippen LogP contribution in [0.15, 0.2) is 16.6 Å². The van der Waals surface area contributed by atoms with E-state index >= 15 is 0 Å². The first-order valence-corrected chi connectivity index (χ1v) is 8.80. The third kappa shape index (κ3) is 2.23. The van der Waals surface area contributed by atoms with Gasteiger partial charge in [0.25, 0.3) is 10.0 Å². The van der Waals surface area contributed by atoms with E-state index in [0.717, 1.165) is 0 Å². The Hall–Kier alpha value is -1.20. The number of hydrogen-bond donors (Lipinski definition) is 2. The number of sulfonamides is 1. The van der Waals surface area contributed by atoms with Crippen LogP contribution in [-0.4, -0.2) is 47.9 Å². The first-order chi connectivity index (χ1) is 9.96. The molecule has 8 nitrogen and oxygen atoms in total. The quantitative estimate of drug-likeness (QED) is 0.624. The Bertz CT molecular complexity index is 753. The molecule has 3 heterocycles. The van der Waals surface area contributed by atoms with Crippen LogP contribution in [-0.2, 0) is 14.8 Å². The third-order valence-electron chi connectivity index (χ3n) is 3.78. The number of hydrogen-bond acceptors (Lipinski definition) is 7. The molecule has 1 saturated heterocycles. The Morgan fingerprint density at radius 3 is 3.00 bits per heavy atom. The van der Waals surface area contributed by atoms with Crippen molar-refractivity contribution >= 4 is 32.1 Å². The molecule has 2 unspecified atom stereocenters. The Balaban J connectivity index is 2.09. The van der Waals surface area contributed by atoms with Crippen molar-refractivity contribution in [3.8, 4) is 0 Å². The van der Waals surface area contributed by atoms with Crippen LogP contribution in [0.4, 0.5) is 5.82 Å². The Morgan fingerprint density at radius 1 is 1.62 bits per heavy atom. The maximum Gasteiger partial charge on any atom is 0.263 e. The molecule has 1 aliphatic rings. The summed E-state index contributed by atoms with van der Waals surface area (Å²) in [4.78, 5) is 4.77. The van der Waals surface area contributed by atoms with Gasteiger partial charge in [-0.15, -0.1) is 11.3 Å². The van der Waals surface area contributed by atoms with Gasteiger partial charge in [-0.25, -0.2) is 14.3 Å². The van der Waals surface area contributed by atoms with Gasteiger partial charge in [0.05, 0.1) is 12.1 Å². The van der Waals surface area contributed by atoms with Crippen LogP contribution in [0.25, 0.3) is 4.96 Å². The van der Waals surface area contributed by atoms with E-state index in [1.165, 1.54) is 20.0 Å². The second kappa shape index (κ2) is 5.21. The van der Waals surface area contributed by atoms with Crippen molar-refractivity contribution in [2.45, 2.75) is 30.5 Å². The lowest BCUT2D eigenvalue weighted by Crippen LogP contribution is -2.41. The molecule has 1 aliphatic heterocycles. The lowest BCUT2D eigenvalue weighted by atomic mass is 10.2. The monoisotopic (exact) mass is 331 g/mol. The molecular formula is C11H17N5O3S2. The van der Waals surface area contributed by atoms with Crippen molar-refractivity contribution < 1.29 is 13.2 Å². The summed E-state index contributed by atoms with van der Waals surface area (Å²) in [5.41, 5.74) is 2.37. The van der Waals surface area contributed by atoms with Crippen molar-refractivity contribution in [1.82, 2.24) is 13.7 Å². The molecule has 0 bridgehead atoms. The molecule has 0 amide bonds. The molecule has 3 rings (SSSR count). The van der Waals surface area contributed by atoms with Crippen LogP contribution in [0, 0.1) is 0 Å². The van der Waals surface area contributed by atoms with E-state index in [4.69, 9.17) is 10.6 Å². The van der Waals surface area contributed by atoms with E-state index in [9.17, 15) is 8.42 Å². The van der Waals surface area contributed by atoms with E-state index < -0.39 is 10.0 Å². The maximum atomic E-state index is 12.9. The molecule has 1 fully saturated rings. The number of fused-ring (bicyclic) bond motifs is 1. The van der Waals surface area contributed by atoms with Gasteiger partial charge in [0.15, 0.2) is 10.8 Å². The predicted octanol–water partition coefficient (Wildman–Crippen LogP) is 0.479. The number of anilines is 1. The van der Waals surface area contributed by atoms with E-state index in [1.54, 1.807) is 18.6 Å². The van der Waals surface area contributed by atoms with Gasteiger partial charge < -0.3 is 10.2 Å². The van der Waals surface area contributed by atoms with Crippen LogP contribution in [0.5, 0.6) is 0 Å². The Labute approximate surface area is 126 Å². The van der Waals surface area contributed by atoms with Gasteiger partial charge in [-0.1, -0.05) is 0 Å². The number of thiazole rings is 1. The van der Waals surface area contributed by atoms with Crippen molar-refractivity contribution in [2.75, 3.05) is 19.1 Å². The summed E-state index contributed by atoms with van der Waals surface area (Å²) in [7, 11) is -2.17. The van der Waals surface area contributed by atoms with Gasteiger partial charge >= 0.3 is 0 Å². The van der Waals surface area contributed by atoms with Crippen LogP contribution in [0.2, 0.25) is 0 Å². The van der Waals surface area contributed by atoms with E-state index in [1.807, 2.05) is 6.92 Å². The van der Waals surface area contributed by atoms with E-state index in [-0.39, 0.29) is 23.0 Å². The molecule has 0 radical (unpaired) electrons. The summed E-state index contributed by atoms with van der Waals surface area (Å²) in [6, 6.07) is -0.190. The van der Waals surface area contributed by atoms with E-state index in [2.05, 4.69) is 10.4 Å². The highest BCUT2D eigenvalue weighted by molar-refractivity contribution is 7.89. The first-order valence-electron chi connectivity index (χ1n) is 6.48. The normalized spacial score (nSPS) is 23.2. The highest BCUT2D eigenvalue weighted by Crippen LogP contribution is 2.30. The zero-order chi connectivity index (χ0) is 15.2. The minimum absolute atomic E-state index is 0.0582. The fraction of sp³-hybridized carbons (Fsp3) is 0.545. The molecule has 0 spiro atoms. The average Bonchev–Trinajstić information content (AvgIpc) is 3.11. The zero-order valence-corrected chi connectivity index (χ0v) is 13.3. The predicted molar refractivity (Wildman–Crippen MR) is 79.6 cm³/mol. The third-order valence-corrected chi connectivity index (χ3v) is 6.45. The van der Waals surface area contributed by atoms with E-state index in [0.29, 0.717) is 18.0 Å². The summed E-state index contributed by atoms with van der Waals surface area (Å²) >= 11 is 1.35. The molecule has 2 aromatic heterocycles. The Morgan fingerprint density at radius 2 is 2.38 bits per heavy atom. The van der Waals surface area contributed by atoms with Crippen molar-refractivity contribution in [1.29, 1.82) is 0 Å². The van der Waals surface area contributed by atoms with Gasteiger partial charge in [-0.2, -0.15) is 9.29 Å². The molecule has 0 aliphatic carbocycles. The van der Waals surface area contributed by atoms with Crippen LogP contribution >= 0.6 is 11.3 Å². The second-order valence-corrected chi connectivity index (χ2v) is 7.70. The fourth-order valence-corrected chi connectivity index (χ4v) is 5.04. The summed E-state index contributed by atoms with van der Waals surface area (Å²) in [6.45, 7) is 2.44. The minimum Gasteiger partial charge on any atom is -0.377 e. The SMILES string of the molecule is CC1OCCC1N(C)S(=O)(=O)c1c(NN)nc2sccn12. The van der Waals surface area contributed by atoms with Crippen LogP contribution in [0.1, 0.15) is 13.3 Å². The van der Waals surface area contributed by atoms with Crippen molar-refractivity contribution in [2.24, 2.45) is 5.84 Å². The second-order valence-electron chi connectivity index (χ2n) is 4.92. The lowest BCUT2D eigenvalue weighted by molar-refractivity contribution is 0.102. The van der Waals surface area contributed by atoms with Gasteiger partial charge in [0.1, 0.15) is 0 Å². The van der Waals surface area contributed by atoms with Gasteiger partial charge in [0.2, 0.25) is 5.03 Å². The molecule has 21 heavy (non-hydrogen) atoms. The number of likely N-dealkylation sites (N-methyl/N-ethyl adjacent to an activating group) is 1. The first kappa shape index (κ1) is 14.7. The summed E-state index contributed by atoms with van der Waals surface area (Å²) < 4.78 is 34.2. The van der Waals surface area contributed by atoms with Crippen LogP contribution in [0.3, 0.4) is 0 Å². The molecule has 3 N–H and O–H groups in total. The number of nitrogens with two attached hydrogens (primary N) is 1. The number of ether oxygens (including phenoxy) is 1. The lowest BCUT2D eigenvalue weighted by Gasteiger charge is -2.25. The highest BCUT2D eigenvalue weighted by atomic mass is 32.2. The standard InChI is InChI=1S/C11H17N5O3S2/c1-7-8(3-5-19-7)15(2)21(17,18)10-9(14-12)13-11-16(10)4-6-20-11/h4,6-8,14H,3,5,12H2,1-2H3. The number of aromatic nitrogens is 2. The molecule has 0 aromatic carbocycles. The number of nitrogens with zero attached hydrogens (tertiary/aromatic N) is 3. The Kier molecular flexibility index (Phi) is 3.66. The topological polar surface area (TPSA) is 102 Å². The zero-order valence-electron chi connectivity index (χ0n) is 11.7. The number of hydrazine groups is 1. The van der Waals surface area contributed by atoms with Gasteiger partial charge in [-0.05, 0) is 13.3 Å². The van der Waals surface area contributed by atoms with Crippen LogP contribution < -0.4 is 11.3 Å². The average molecular weight is 331 g/mol. The molecule has 116 valence electrons. The van der Waals surface area contributed by atoms with Crippen molar-refractivity contribution in [3.63, 3.8) is 0 Å². The maximum absolute atomic E-state index is 12.9. The summed E-state index contributed by atoms with van der Waals surface area (Å²) in [6.07, 6.45) is 2.21. The number of nitrogen functional groups attached to an aromatic ring is 1. The van der Waals surface area contributed by atoms with Crippen molar-refractivity contribution in [3.05, 3.63) is 11.6 Å². The number of nitrogens with one attached hydrogen (secondary N) is 1. The summed E-state index contributed by atoms with van der Waals surface area (Å²) in [5.74, 6) is 5.58. The number of imidazole rings is 1. The molecule has 10 heteroatoms. The molecule has 2 aromatic rings. The fourth-order valence-electron chi connectivity index (χ4n) is 2.62. The molecular weight excluding hydrogens is 314 g/mol. The summed E-state index contributed by atoms with van der Waals surface area (Å²) in [5, 5.41) is 1.84.